The third-order valence-electron chi connectivity index (χ3n) is 4.28. The molecule has 1 aliphatic carbocycles. The molecule has 0 aromatic heterocycles. The second-order valence-corrected chi connectivity index (χ2v) is 6.18. The highest BCUT2D eigenvalue weighted by Crippen LogP contribution is 2.25. The van der Waals surface area contributed by atoms with Gasteiger partial charge in [0, 0.05) is 25.8 Å². The molecule has 1 heterocycles. The zero-order valence-corrected chi connectivity index (χ0v) is 12.1. The molecule has 0 spiro atoms. The summed E-state index contributed by atoms with van der Waals surface area (Å²) in [6.45, 7) is 5.06. The van der Waals surface area contributed by atoms with Gasteiger partial charge < -0.3 is 19.9 Å². The molecular weight excluding hydrogens is 242 g/mol. The Bertz CT molecular complexity index is 244. The van der Waals surface area contributed by atoms with Crippen LogP contribution >= 0.6 is 0 Å². The van der Waals surface area contributed by atoms with Gasteiger partial charge in [-0.3, -0.25) is 0 Å². The van der Waals surface area contributed by atoms with Crippen LogP contribution in [0, 0.1) is 5.92 Å². The lowest BCUT2D eigenvalue weighted by molar-refractivity contribution is -0.0322. The first-order valence-electron chi connectivity index (χ1n) is 7.85. The number of aliphatic hydroxyl groups is 1. The lowest BCUT2D eigenvalue weighted by atomic mass is 9.89. The molecule has 1 saturated carbocycles. The van der Waals surface area contributed by atoms with E-state index in [4.69, 9.17) is 9.47 Å². The van der Waals surface area contributed by atoms with Crippen LogP contribution in [0.5, 0.6) is 0 Å². The fraction of sp³-hybridized carbons (Fsp3) is 1.00. The van der Waals surface area contributed by atoms with Crippen molar-refractivity contribution in [2.45, 2.75) is 63.7 Å². The first-order chi connectivity index (χ1) is 9.24. The Labute approximate surface area is 116 Å². The van der Waals surface area contributed by atoms with Gasteiger partial charge in [-0.05, 0) is 31.6 Å². The van der Waals surface area contributed by atoms with E-state index >= 15 is 0 Å². The molecule has 19 heavy (non-hydrogen) atoms. The van der Waals surface area contributed by atoms with Crippen LogP contribution in [0.1, 0.15) is 45.4 Å². The van der Waals surface area contributed by atoms with Gasteiger partial charge in [0.25, 0.3) is 0 Å². The maximum atomic E-state index is 9.96. The fourth-order valence-corrected chi connectivity index (χ4v) is 3.04. The van der Waals surface area contributed by atoms with Crippen LogP contribution in [0.4, 0.5) is 0 Å². The number of nitrogens with one attached hydrogen (secondary N) is 1. The lowest BCUT2D eigenvalue weighted by Gasteiger charge is -2.28. The minimum absolute atomic E-state index is 0.362. The number of hydrogen-bond donors (Lipinski definition) is 2. The first kappa shape index (κ1) is 15.2. The second kappa shape index (κ2) is 8.20. The quantitative estimate of drug-likeness (QED) is 0.772. The summed E-state index contributed by atoms with van der Waals surface area (Å²) >= 11 is 0. The molecule has 2 aliphatic rings. The molecule has 2 rings (SSSR count). The van der Waals surface area contributed by atoms with Gasteiger partial charge in [-0.1, -0.05) is 19.8 Å². The molecule has 4 heteroatoms. The van der Waals surface area contributed by atoms with Crippen LogP contribution < -0.4 is 5.32 Å². The highest BCUT2D eigenvalue weighted by Gasteiger charge is 2.20. The molecule has 2 N–H and O–H groups in total. The molecule has 0 radical (unpaired) electrons. The predicted octanol–water partition coefficient (Wildman–Crippen LogP) is 1.71. The Kier molecular flexibility index (Phi) is 6.57. The van der Waals surface area contributed by atoms with Crippen LogP contribution in [0.15, 0.2) is 0 Å². The van der Waals surface area contributed by atoms with Crippen molar-refractivity contribution in [2.24, 2.45) is 5.92 Å². The van der Waals surface area contributed by atoms with Crippen molar-refractivity contribution in [1.29, 1.82) is 0 Å². The third-order valence-corrected chi connectivity index (χ3v) is 4.28. The number of ether oxygens (including phenoxy) is 2. The molecule has 1 saturated heterocycles. The smallest absolute Gasteiger partial charge is 0.0897 e. The summed E-state index contributed by atoms with van der Waals surface area (Å²) in [5.41, 5.74) is 0. The van der Waals surface area contributed by atoms with E-state index in [0.717, 1.165) is 44.8 Å². The fourth-order valence-electron chi connectivity index (χ4n) is 3.04. The average Bonchev–Trinajstić information content (AvgIpc) is 2.44. The summed E-state index contributed by atoms with van der Waals surface area (Å²) in [5.74, 6) is 0.774. The van der Waals surface area contributed by atoms with Gasteiger partial charge >= 0.3 is 0 Å². The van der Waals surface area contributed by atoms with E-state index in [1.54, 1.807) is 0 Å². The van der Waals surface area contributed by atoms with Gasteiger partial charge in [-0.2, -0.15) is 0 Å². The van der Waals surface area contributed by atoms with E-state index in [-0.39, 0.29) is 6.10 Å². The maximum Gasteiger partial charge on any atom is 0.0897 e. The topological polar surface area (TPSA) is 50.7 Å². The summed E-state index contributed by atoms with van der Waals surface area (Å²) < 4.78 is 11.2. The minimum atomic E-state index is -0.389. The first-order valence-corrected chi connectivity index (χ1v) is 7.85. The molecule has 2 fully saturated rings. The van der Waals surface area contributed by atoms with Gasteiger partial charge in [-0.15, -0.1) is 0 Å². The maximum absolute atomic E-state index is 9.96. The van der Waals surface area contributed by atoms with Crippen molar-refractivity contribution < 1.29 is 14.6 Å². The molecule has 112 valence electrons. The van der Waals surface area contributed by atoms with Gasteiger partial charge in [0.1, 0.15) is 0 Å². The van der Waals surface area contributed by atoms with E-state index in [2.05, 4.69) is 12.2 Å². The van der Waals surface area contributed by atoms with Crippen molar-refractivity contribution in [3.05, 3.63) is 0 Å². The number of hydrogen-bond acceptors (Lipinski definition) is 4. The molecule has 0 amide bonds. The highest BCUT2D eigenvalue weighted by atomic mass is 16.5. The summed E-state index contributed by atoms with van der Waals surface area (Å²) in [6.07, 6.45) is 6.98. The molecular formula is C15H29NO3. The van der Waals surface area contributed by atoms with Crippen molar-refractivity contribution in [3.63, 3.8) is 0 Å². The Morgan fingerprint density at radius 2 is 2.05 bits per heavy atom. The van der Waals surface area contributed by atoms with E-state index in [1.165, 1.54) is 12.8 Å². The van der Waals surface area contributed by atoms with Crippen molar-refractivity contribution >= 4 is 0 Å². The molecule has 0 aromatic rings. The summed E-state index contributed by atoms with van der Waals surface area (Å²) in [4.78, 5) is 0. The summed E-state index contributed by atoms with van der Waals surface area (Å²) in [7, 11) is 0. The normalized spacial score (nSPS) is 31.3. The second-order valence-electron chi connectivity index (χ2n) is 6.18. The van der Waals surface area contributed by atoms with Crippen molar-refractivity contribution in [1.82, 2.24) is 5.32 Å². The highest BCUT2D eigenvalue weighted by molar-refractivity contribution is 4.74. The average molecular weight is 271 g/mol. The van der Waals surface area contributed by atoms with Gasteiger partial charge in [0.05, 0.1) is 18.8 Å². The van der Waals surface area contributed by atoms with E-state index < -0.39 is 0 Å². The number of aliphatic hydroxyl groups excluding tert-OH is 1. The Morgan fingerprint density at radius 3 is 2.79 bits per heavy atom. The molecule has 0 bridgehead atoms. The predicted molar refractivity (Wildman–Crippen MR) is 75.2 cm³/mol. The Balaban J connectivity index is 1.54. The van der Waals surface area contributed by atoms with E-state index in [9.17, 15) is 5.11 Å². The van der Waals surface area contributed by atoms with Gasteiger partial charge in [-0.25, -0.2) is 0 Å². The number of rotatable bonds is 6. The lowest BCUT2D eigenvalue weighted by Crippen LogP contribution is -2.41. The van der Waals surface area contributed by atoms with Crippen LogP contribution in [0.2, 0.25) is 0 Å². The van der Waals surface area contributed by atoms with Crippen LogP contribution in [-0.4, -0.2) is 49.7 Å². The Hall–Kier alpha value is -0.160. The summed E-state index contributed by atoms with van der Waals surface area (Å²) in [6, 6.07) is 0.498. The van der Waals surface area contributed by atoms with Crippen LogP contribution in [0.3, 0.4) is 0 Å². The van der Waals surface area contributed by atoms with Crippen LogP contribution in [-0.2, 0) is 9.47 Å². The minimum Gasteiger partial charge on any atom is -0.389 e. The molecule has 4 nitrogen and oxygen atoms in total. The third kappa shape index (κ3) is 5.78. The largest absolute Gasteiger partial charge is 0.389 e. The van der Waals surface area contributed by atoms with E-state index in [1.807, 2.05) is 0 Å². The van der Waals surface area contributed by atoms with E-state index in [0.29, 0.717) is 25.3 Å². The zero-order valence-electron chi connectivity index (χ0n) is 12.1. The SMILES string of the molecule is CC1CCCC(OCC(O)CNC2CCOCC2)C1. The van der Waals surface area contributed by atoms with Crippen molar-refractivity contribution in [2.75, 3.05) is 26.4 Å². The molecule has 3 unspecified atom stereocenters. The van der Waals surface area contributed by atoms with Gasteiger partial charge in [0.2, 0.25) is 0 Å². The molecule has 1 aliphatic heterocycles. The Morgan fingerprint density at radius 1 is 1.26 bits per heavy atom. The van der Waals surface area contributed by atoms with Crippen LogP contribution in [0.25, 0.3) is 0 Å². The zero-order chi connectivity index (χ0) is 13.5. The van der Waals surface area contributed by atoms with Gasteiger partial charge in [0.15, 0.2) is 0 Å². The standard InChI is InChI=1S/C15H29NO3/c1-12-3-2-4-15(9-12)19-11-14(17)10-16-13-5-7-18-8-6-13/h12-17H,2-11H2,1H3. The summed E-state index contributed by atoms with van der Waals surface area (Å²) in [5, 5.41) is 13.4. The monoisotopic (exact) mass is 271 g/mol. The molecule has 0 aromatic carbocycles. The molecule has 3 atom stereocenters. The van der Waals surface area contributed by atoms with Crippen molar-refractivity contribution in [3.8, 4) is 0 Å².